The normalized spacial score (nSPS) is 23.3. The van der Waals surface area contributed by atoms with Crippen molar-refractivity contribution in [2.75, 3.05) is 39.8 Å². The van der Waals surface area contributed by atoms with Gasteiger partial charge in [0.15, 0.2) is 0 Å². The van der Waals surface area contributed by atoms with Crippen molar-refractivity contribution in [1.82, 2.24) is 14.5 Å². The van der Waals surface area contributed by atoms with Gasteiger partial charge in [0.2, 0.25) is 10.0 Å². The van der Waals surface area contributed by atoms with E-state index < -0.39 is 10.0 Å². The Balaban J connectivity index is 1.66. The van der Waals surface area contributed by atoms with Crippen LogP contribution in [0.2, 0.25) is 0 Å². The number of hydrogen-bond acceptors (Lipinski definition) is 5. The topological polar surface area (TPSA) is 88.2 Å². The van der Waals surface area contributed by atoms with Crippen LogP contribution in [0.3, 0.4) is 0 Å². The van der Waals surface area contributed by atoms with Gasteiger partial charge in [-0.05, 0) is 30.2 Å². The van der Waals surface area contributed by atoms with Crippen molar-refractivity contribution in [1.29, 1.82) is 0 Å². The molecule has 2 heterocycles. The van der Waals surface area contributed by atoms with Crippen molar-refractivity contribution in [3.63, 3.8) is 0 Å². The lowest BCUT2D eigenvalue weighted by atomic mass is 10.1. The number of benzene rings is 1. The lowest BCUT2D eigenvalue weighted by Gasteiger charge is -2.45. The maximum atomic E-state index is 12.9. The van der Waals surface area contributed by atoms with Gasteiger partial charge >= 0.3 is 6.03 Å². The number of fused-ring (bicyclic) bond motifs is 2. The quantitative estimate of drug-likeness (QED) is 0.805. The average Bonchev–Trinajstić information content (AvgIpc) is 2.65. The zero-order valence-corrected chi connectivity index (χ0v) is 16.7. The molecular weight excluding hydrogens is 370 g/mol. The van der Waals surface area contributed by atoms with E-state index >= 15 is 0 Å². The van der Waals surface area contributed by atoms with Gasteiger partial charge in [-0.25, -0.2) is 13.2 Å². The van der Waals surface area contributed by atoms with E-state index in [1.54, 1.807) is 29.2 Å². The first-order valence-electron chi connectivity index (χ1n) is 9.12. The molecule has 150 valence electrons. The van der Waals surface area contributed by atoms with Crippen LogP contribution >= 0.6 is 0 Å². The molecule has 2 aliphatic heterocycles. The van der Waals surface area contributed by atoms with Gasteiger partial charge in [-0.15, -0.1) is 0 Å². The smallest absolute Gasteiger partial charge is 0.317 e. The number of methoxy groups -OCH3 is 1. The molecule has 8 nitrogen and oxygen atoms in total. The Labute approximate surface area is 160 Å². The third kappa shape index (κ3) is 4.53. The summed E-state index contributed by atoms with van der Waals surface area (Å²) in [6.07, 6.45) is -0.648. The van der Waals surface area contributed by atoms with Crippen LogP contribution in [0.1, 0.15) is 13.8 Å². The summed E-state index contributed by atoms with van der Waals surface area (Å²) >= 11 is 0. The molecule has 3 rings (SSSR count). The minimum atomic E-state index is -3.61. The summed E-state index contributed by atoms with van der Waals surface area (Å²) in [4.78, 5) is 14.3. The van der Waals surface area contributed by atoms with Crippen molar-refractivity contribution < 1.29 is 22.7 Å². The maximum Gasteiger partial charge on any atom is 0.317 e. The van der Waals surface area contributed by atoms with E-state index in [0.29, 0.717) is 31.3 Å². The van der Waals surface area contributed by atoms with Gasteiger partial charge in [0, 0.05) is 19.6 Å². The number of nitrogens with zero attached hydrogens (tertiary/aromatic N) is 2. The second-order valence-corrected chi connectivity index (χ2v) is 9.30. The fourth-order valence-corrected chi connectivity index (χ4v) is 4.82. The first kappa shape index (κ1) is 19.9. The molecule has 1 aromatic rings. The SMILES string of the molecule is COc1ccc(S(=O)(=O)N2CC3CN(C(=O)NCC(C)C)CC(C2)O3)cc1. The molecule has 2 atom stereocenters. The number of rotatable bonds is 5. The molecule has 1 N–H and O–H groups in total. The highest BCUT2D eigenvalue weighted by Crippen LogP contribution is 2.26. The van der Waals surface area contributed by atoms with Gasteiger partial charge in [0.1, 0.15) is 5.75 Å². The summed E-state index contributed by atoms with van der Waals surface area (Å²) in [5.74, 6) is 0.982. The molecule has 0 saturated carbocycles. The summed E-state index contributed by atoms with van der Waals surface area (Å²) in [5.41, 5.74) is 0. The predicted octanol–water partition coefficient (Wildman–Crippen LogP) is 1.13. The Bertz CT molecular complexity index is 752. The monoisotopic (exact) mass is 397 g/mol. The average molecular weight is 397 g/mol. The van der Waals surface area contributed by atoms with E-state index in [1.165, 1.54) is 11.4 Å². The zero-order valence-electron chi connectivity index (χ0n) is 15.9. The molecule has 2 amide bonds. The third-order valence-electron chi connectivity index (χ3n) is 4.69. The molecular formula is C18H27N3O5S. The van der Waals surface area contributed by atoms with Gasteiger partial charge in [0.25, 0.3) is 0 Å². The van der Waals surface area contributed by atoms with Crippen LogP contribution in [0.25, 0.3) is 0 Å². The summed E-state index contributed by atoms with van der Waals surface area (Å²) in [7, 11) is -2.07. The molecule has 2 fully saturated rings. The highest BCUT2D eigenvalue weighted by Gasteiger charge is 2.41. The minimum Gasteiger partial charge on any atom is -0.497 e. The van der Waals surface area contributed by atoms with Crippen LogP contribution in [-0.2, 0) is 14.8 Å². The molecule has 0 spiro atoms. The lowest BCUT2D eigenvalue weighted by molar-refractivity contribution is -0.111. The van der Waals surface area contributed by atoms with Gasteiger partial charge < -0.3 is 19.7 Å². The van der Waals surface area contributed by atoms with E-state index in [1.807, 2.05) is 13.8 Å². The highest BCUT2D eigenvalue weighted by atomic mass is 32.2. The number of hydrogen-bond donors (Lipinski definition) is 1. The van der Waals surface area contributed by atoms with E-state index in [9.17, 15) is 13.2 Å². The number of ether oxygens (including phenoxy) is 2. The molecule has 9 heteroatoms. The fraction of sp³-hybridized carbons (Fsp3) is 0.611. The molecule has 0 aromatic heterocycles. The van der Waals surface area contributed by atoms with Crippen molar-refractivity contribution in [3.05, 3.63) is 24.3 Å². The van der Waals surface area contributed by atoms with Gasteiger partial charge in [0.05, 0.1) is 37.3 Å². The van der Waals surface area contributed by atoms with Crippen molar-refractivity contribution >= 4 is 16.1 Å². The number of urea groups is 1. The van der Waals surface area contributed by atoms with Crippen LogP contribution in [0.5, 0.6) is 5.75 Å². The fourth-order valence-electron chi connectivity index (χ4n) is 3.32. The van der Waals surface area contributed by atoms with Crippen LogP contribution in [-0.4, -0.2) is 75.7 Å². The van der Waals surface area contributed by atoms with Crippen LogP contribution in [0.15, 0.2) is 29.2 Å². The second-order valence-electron chi connectivity index (χ2n) is 7.36. The van der Waals surface area contributed by atoms with Crippen molar-refractivity contribution in [2.24, 2.45) is 5.92 Å². The Morgan fingerprint density at radius 1 is 1.19 bits per heavy atom. The van der Waals surface area contributed by atoms with Gasteiger partial charge in [-0.2, -0.15) is 4.31 Å². The maximum absolute atomic E-state index is 12.9. The van der Waals surface area contributed by atoms with Crippen LogP contribution < -0.4 is 10.1 Å². The summed E-state index contributed by atoms with van der Waals surface area (Å²) < 4.78 is 38.3. The first-order chi connectivity index (χ1) is 12.8. The Hall–Kier alpha value is -1.84. The Kier molecular flexibility index (Phi) is 5.92. The number of carbonyl (C=O) groups is 1. The number of amides is 2. The van der Waals surface area contributed by atoms with E-state index in [4.69, 9.17) is 9.47 Å². The molecule has 0 radical (unpaired) electrons. The van der Waals surface area contributed by atoms with Crippen LogP contribution in [0.4, 0.5) is 4.79 Å². The Morgan fingerprint density at radius 2 is 1.78 bits per heavy atom. The number of morpholine rings is 2. The minimum absolute atomic E-state index is 0.117. The van der Waals surface area contributed by atoms with Gasteiger partial charge in [-0.1, -0.05) is 13.8 Å². The summed E-state index contributed by atoms with van der Waals surface area (Å²) in [6.45, 7) is 5.93. The molecule has 27 heavy (non-hydrogen) atoms. The molecule has 2 unspecified atom stereocenters. The van der Waals surface area contributed by atoms with Crippen LogP contribution in [0, 0.1) is 5.92 Å². The number of carbonyl (C=O) groups excluding carboxylic acids is 1. The molecule has 1 aromatic carbocycles. The molecule has 2 saturated heterocycles. The van der Waals surface area contributed by atoms with Crippen molar-refractivity contribution in [2.45, 2.75) is 31.0 Å². The van der Waals surface area contributed by atoms with E-state index in [-0.39, 0.29) is 36.2 Å². The third-order valence-corrected chi connectivity index (χ3v) is 6.54. The standard InChI is InChI=1S/C18H27N3O5S/c1-13(2)8-19-18(22)20-9-15-11-21(12-16(10-20)26-15)27(23,24)17-6-4-14(25-3)5-7-17/h4-7,13,15-16H,8-12H2,1-3H3,(H,19,22). The number of nitrogens with one attached hydrogen (secondary N) is 1. The molecule has 2 bridgehead atoms. The predicted molar refractivity (Wildman–Crippen MR) is 100 cm³/mol. The zero-order chi connectivity index (χ0) is 19.6. The van der Waals surface area contributed by atoms with E-state index in [0.717, 1.165) is 0 Å². The Morgan fingerprint density at radius 3 is 2.30 bits per heavy atom. The summed E-state index contributed by atoms with van der Waals surface area (Å²) in [6, 6.07) is 6.24. The summed E-state index contributed by atoms with van der Waals surface area (Å²) in [5, 5.41) is 2.91. The second kappa shape index (κ2) is 8.04. The van der Waals surface area contributed by atoms with Crippen molar-refractivity contribution in [3.8, 4) is 5.75 Å². The van der Waals surface area contributed by atoms with Gasteiger partial charge in [-0.3, -0.25) is 0 Å². The molecule has 2 aliphatic rings. The highest BCUT2D eigenvalue weighted by molar-refractivity contribution is 7.89. The largest absolute Gasteiger partial charge is 0.497 e. The van der Waals surface area contributed by atoms with E-state index in [2.05, 4.69) is 5.32 Å². The lowest BCUT2D eigenvalue weighted by Crippen LogP contribution is -2.62. The first-order valence-corrected chi connectivity index (χ1v) is 10.6. The number of sulfonamides is 1. The molecule has 0 aliphatic carbocycles.